The smallest absolute Gasteiger partial charge is 0.657 e. The summed E-state index contributed by atoms with van der Waals surface area (Å²) in [5, 5.41) is 0.122. The molecule has 4 aromatic carbocycles. The molecule has 2 aliphatic rings. The third kappa shape index (κ3) is 7.41. The predicted octanol–water partition coefficient (Wildman–Crippen LogP) is 11.3. The summed E-state index contributed by atoms with van der Waals surface area (Å²) in [7, 11) is 0. The Morgan fingerprint density at radius 2 is 1.11 bits per heavy atom. The van der Waals surface area contributed by atoms with Crippen LogP contribution in [0.2, 0.25) is 0 Å². The number of rotatable bonds is 3. The summed E-state index contributed by atoms with van der Waals surface area (Å²) >= 11 is 0. The van der Waals surface area contributed by atoms with Crippen LogP contribution in [0.4, 0.5) is 60.7 Å². The molecule has 7 aromatic rings. The Bertz CT molecular complexity index is 2680. The van der Waals surface area contributed by atoms with Gasteiger partial charge in [-0.1, -0.05) is 42.0 Å². The Morgan fingerprint density at radius 1 is 0.649 bits per heavy atom. The van der Waals surface area contributed by atoms with Crippen molar-refractivity contribution in [2.24, 2.45) is 0 Å². The van der Waals surface area contributed by atoms with Gasteiger partial charge in [0.05, 0.1) is 11.1 Å². The topological polar surface area (TPSA) is 52.8 Å². The van der Waals surface area contributed by atoms with Crippen LogP contribution in [0.25, 0.3) is 32.9 Å². The fourth-order valence-electron chi connectivity index (χ4n) is 7.10. The minimum Gasteiger partial charge on any atom is -0.657 e. The first-order chi connectivity index (χ1) is 29.0. The van der Waals surface area contributed by atoms with Crippen LogP contribution in [-0.4, -0.2) is 23.9 Å². The maximum absolute atomic E-state index is 12.7. The number of halogens is 6. The summed E-state index contributed by atoms with van der Waals surface area (Å²) in [4.78, 5) is 18.9. The molecule has 14 heteroatoms. The van der Waals surface area contributed by atoms with E-state index in [9.17, 15) is 26.3 Å². The van der Waals surface area contributed by atoms with Gasteiger partial charge in [0.25, 0.3) is 0 Å². The zero-order valence-electron chi connectivity index (χ0n) is 36.1. The van der Waals surface area contributed by atoms with E-state index in [1.165, 1.54) is 23.1 Å². The van der Waals surface area contributed by atoms with Crippen molar-refractivity contribution in [1.82, 2.24) is 15.0 Å². The number of pyridine rings is 2. The van der Waals surface area contributed by atoms with Crippen molar-refractivity contribution in [3.8, 4) is 11.1 Å². The summed E-state index contributed by atoms with van der Waals surface area (Å²) in [6, 6.07) is 24.0. The van der Waals surface area contributed by atoms with E-state index in [-0.39, 0.29) is 42.9 Å². The number of benzene rings is 4. The van der Waals surface area contributed by atoms with Gasteiger partial charge in [-0.2, -0.15) is 39.7 Å². The van der Waals surface area contributed by atoms with E-state index >= 15 is 0 Å². The van der Waals surface area contributed by atoms with Crippen LogP contribution in [-0.2, 0) is 33.4 Å². The first-order valence-electron chi connectivity index (χ1n) is 20.1. The molecule has 0 spiro atoms. The molecule has 0 radical (unpaired) electrons. The molecule has 0 saturated carbocycles. The number of alkyl halides is 6. The van der Waals surface area contributed by atoms with Gasteiger partial charge in [0, 0.05) is 32.0 Å². The van der Waals surface area contributed by atoms with E-state index in [0.29, 0.717) is 34.4 Å². The van der Waals surface area contributed by atoms with Gasteiger partial charge >= 0.3 is 33.4 Å². The molecule has 0 bridgehead atoms. The van der Waals surface area contributed by atoms with E-state index in [4.69, 9.17) is 8.22 Å². The predicted molar refractivity (Wildman–Crippen MR) is 208 cm³/mol. The number of anilines is 6. The molecule has 0 N–H and O–H groups in total. The second-order valence-corrected chi connectivity index (χ2v) is 13.4. The van der Waals surface area contributed by atoms with Crippen LogP contribution in [0.5, 0.6) is 0 Å². The van der Waals surface area contributed by atoms with Crippen molar-refractivity contribution < 1.29 is 55.6 Å². The van der Waals surface area contributed by atoms with Crippen LogP contribution in [0, 0.1) is 40.2 Å². The molecule has 0 aliphatic carbocycles. The largest absolute Gasteiger partial charge is 4.00 e. The normalized spacial score (nSPS) is 15.8. The Morgan fingerprint density at radius 3 is 1.53 bits per heavy atom. The molecule has 2 aliphatic heterocycles. The third-order valence-corrected chi connectivity index (χ3v) is 9.47. The quantitative estimate of drug-likeness (QED) is 0.129. The Labute approximate surface area is 348 Å². The molecule has 0 saturated heterocycles. The van der Waals surface area contributed by atoms with Gasteiger partial charge in [-0.3, -0.25) is 0 Å². The number of aryl methyl sites for hydroxylation is 3. The van der Waals surface area contributed by atoms with Crippen LogP contribution < -0.4 is 24.6 Å². The average Bonchev–Trinajstić information content (AvgIpc) is 3.88. The van der Waals surface area contributed by atoms with Gasteiger partial charge in [-0.25, -0.2) is 9.97 Å². The third-order valence-electron chi connectivity index (χ3n) is 9.47. The molecule has 0 fully saturated rings. The average molecular weight is 963 g/mol. The van der Waals surface area contributed by atoms with Gasteiger partial charge in [0.2, 0.25) is 0 Å². The fourth-order valence-corrected chi connectivity index (χ4v) is 7.10. The van der Waals surface area contributed by atoms with Gasteiger partial charge in [-0.05, 0) is 98.6 Å². The minimum absolute atomic E-state index is 0. The summed E-state index contributed by atoms with van der Waals surface area (Å²) in [6.07, 6.45) is -5.88. The summed E-state index contributed by atoms with van der Waals surface area (Å²) in [6.45, 7) is 4.31. The molecular weight excluding hydrogens is 924 g/mol. The number of fused-ring (bicyclic) bond motifs is 5. The zero-order valence-corrected chi connectivity index (χ0v) is 32.4. The molecule has 7 nitrogen and oxygen atoms in total. The molecule has 5 heterocycles. The fraction of sp³-hybridized carbons (Fsp3) is 0.163. The molecule has 292 valence electrons. The van der Waals surface area contributed by atoms with E-state index in [1.807, 2.05) is 12.1 Å². The molecule has 0 unspecified atom stereocenters. The molecule has 3 aromatic heterocycles. The second kappa shape index (κ2) is 14.8. The summed E-state index contributed by atoms with van der Waals surface area (Å²) in [5.74, 6) is 0.904. The summed E-state index contributed by atoms with van der Waals surface area (Å²) in [5.41, 5.74) is 5.80. The number of nitrogens with zero attached hydrogens (tertiary/aromatic N) is 7. The molecule has 57 heavy (non-hydrogen) atoms. The maximum atomic E-state index is 12.7. The van der Waals surface area contributed by atoms with Crippen LogP contribution >= 0.6 is 0 Å². The Kier molecular flexibility index (Phi) is 8.42. The number of hydrogen-bond donors (Lipinski definition) is 0. The molecule has 0 atom stereocenters. The van der Waals surface area contributed by atoms with Gasteiger partial charge in [0.15, 0.2) is 0 Å². The van der Waals surface area contributed by atoms with Gasteiger partial charge in [-0.15, -0.1) is 46.2 Å². The van der Waals surface area contributed by atoms with Gasteiger partial charge in [0.1, 0.15) is 11.6 Å². The van der Waals surface area contributed by atoms with Crippen LogP contribution in [0.15, 0.2) is 97.3 Å². The van der Waals surface area contributed by atoms with Crippen molar-refractivity contribution >= 4 is 56.2 Å². The molecule has 9 rings (SSSR count). The Hall–Kier alpha value is -5.55. The van der Waals surface area contributed by atoms with Crippen molar-refractivity contribution in [1.29, 1.82) is 0 Å². The van der Waals surface area contributed by atoms with E-state index in [2.05, 4.69) is 53.9 Å². The monoisotopic (exact) mass is 962 g/mol. The van der Waals surface area contributed by atoms with Crippen molar-refractivity contribution in [3.05, 3.63) is 145 Å². The van der Waals surface area contributed by atoms with E-state index in [0.717, 1.165) is 64.2 Å². The maximum Gasteiger partial charge on any atom is 4.00 e. The van der Waals surface area contributed by atoms with Gasteiger partial charge < -0.3 is 24.6 Å². The van der Waals surface area contributed by atoms with Crippen molar-refractivity contribution in [2.45, 2.75) is 33.1 Å². The van der Waals surface area contributed by atoms with Crippen LogP contribution in [0.3, 0.4) is 0 Å². The number of hydrogen-bond acceptors (Lipinski definition) is 6. The molecular formula is C43H33F6N7Pt. The SMILES string of the molecule is FC(F)(F)c1ccc2[n-]c3ccc(C(F)(F)F)cc3c2c1.[2H]C([2H])([2H])N1[CH-]N(c2[c-]c(N3[CH-]N(C([2H])([2H])[2H])c4cccnc43)cc(-c3c(C)cc(C)cc3C)c2)c2ncccc21.[Pt+4]. The first-order valence-corrected chi connectivity index (χ1v) is 17.1. The zero-order chi connectivity index (χ0) is 44.7. The number of aromatic nitrogens is 3. The molecule has 0 amide bonds. The summed E-state index contributed by atoms with van der Waals surface area (Å²) < 4.78 is 125. The Balaban J connectivity index is 0.000000228. The van der Waals surface area contributed by atoms with Crippen molar-refractivity contribution in [2.75, 3.05) is 33.6 Å². The first kappa shape index (κ1) is 32.5. The van der Waals surface area contributed by atoms with E-state index in [1.54, 1.807) is 46.5 Å². The second-order valence-electron chi connectivity index (χ2n) is 13.4. The van der Waals surface area contributed by atoms with E-state index < -0.39 is 37.4 Å². The minimum atomic E-state index is -4.56. The van der Waals surface area contributed by atoms with Crippen LogP contribution in [0.1, 0.15) is 36.0 Å². The standard InChI is InChI=1S/C29H27N6.C14H6F6N.Pt/c1-19-12-20(2)27(21(3)13-19)22-14-23(34-17-32(4)25-8-6-10-30-28(25)34)16-24(15-22)35-18-33(5)26-9-7-11-31-29(26)35;15-13(16,17)7-1-3-11-9(5-7)10-6-8(14(18,19)20)2-4-12(10)21-11;/h6-15,17-18H,1-5H3;1-6H;/q-3;-1;+4/i4D3,5D3;;. The van der Waals surface area contributed by atoms with Crippen molar-refractivity contribution in [3.63, 3.8) is 0 Å².